The summed E-state index contributed by atoms with van der Waals surface area (Å²) in [4.78, 5) is 17.2. The minimum absolute atomic E-state index is 0.195. The number of nitrogens with one attached hydrogen (secondary N) is 1. The molecule has 4 aromatic rings. The first-order valence-corrected chi connectivity index (χ1v) is 17.0. The Morgan fingerprint density at radius 3 is 2.46 bits per heavy atom. The molecule has 12 heteroatoms. The number of hydrogen-bond donors (Lipinski definition) is 6. The molecule has 2 aliphatic carbocycles. The number of rotatable bonds is 17. The van der Waals surface area contributed by atoms with E-state index in [1.807, 2.05) is 42.6 Å². The first kappa shape index (κ1) is 35.7. The lowest BCUT2D eigenvalue weighted by Gasteiger charge is -2.25. The molecule has 6 rings (SSSR count). The van der Waals surface area contributed by atoms with Crippen molar-refractivity contribution in [3.63, 3.8) is 0 Å². The summed E-state index contributed by atoms with van der Waals surface area (Å²) in [7, 11) is 0. The van der Waals surface area contributed by atoms with Gasteiger partial charge in [-0.25, -0.2) is 0 Å². The molecule has 4 atom stereocenters. The summed E-state index contributed by atoms with van der Waals surface area (Å²) < 4.78 is 18.8. The summed E-state index contributed by atoms with van der Waals surface area (Å²) in [5.74, 6) is 0.750. The average molecular weight is 705 g/mol. The van der Waals surface area contributed by atoms with Gasteiger partial charge >= 0.3 is 0 Å². The van der Waals surface area contributed by atoms with Crippen LogP contribution in [0, 0.1) is 0 Å². The van der Waals surface area contributed by atoms with E-state index in [0.29, 0.717) is 10.8 Å². The summed E-state index contributed by atoms with van der Waals surface area (Å²) in [6.07, 6.45) is 1.04. The fourth-order valence-electron chi connectivity index (χ4n) is 5.68. The predicted octanol–water partition coefficient (Wildman–Crippen LogP) is 3.89. The van der Waals surface area contributed by atoms with Gasteiger partial charge in [0, 0.05) is 40.7 Å². The van der Waals surface area contributed by atoms with E-state index in [1.54, 1.807) is 36.5 Å². The molecule has 0 unspecified atom stereocenters. The van der Waals surface area contributed by atoms with Crippen LogP contribution >= 0.6 is 11.6 Å². The Morgan fingerprint density at radius 2 is 1.70 bits per heavy atom. The van der Waals surface area contributed by atoms with Crippen LogP contribution in [0.15, 0.2) is 85.2 Å². The third-order valence-corrected chi connectivity index (χ3v) is 9.29. The Kier molecular flexibility index (Phi) is 11.3. The van der Waals surface area contributed by atoms with Crippen LogP contribution in [0.3, 0.4) is 0 Å². The summed E-state index contributed by atoms with van der Waals surface area (Å²) in [5, 5.41) is 51.3. The second-order valence-corrected chi connectivity index (χ2v) is 13.2. The van der Waals surface area contributed by atoms with E-state index in [2.05, 4.69) is 16.4 Å². The lowest BCUT2D eigenvalue weighted by Crippen LogP contribution is -2.49. The molecule has 50 heavy (non-hydrogen) atoms. The molecule has 1 heterocycles. The highest BCUT2D eigenvalue weighted by Gasteiger charge is 2.48. The van der Waals surface area contributed by atoms with E-state index < -0.39 is 49.1 Å². The Bertz CT molecular complexity index is 1780. The Hall–Kier alpha value is -4.07. The minimum atomic E-state index is -1.78. The molecule has 2 fully saturated rings. The van der Waals surface area contributed by atoms with Crippen LogP contribution in [-0.4, -0.2) is 80.1 Å². The van der Waals surface area contributed by atoms with Crippen LogP contribution in [0.1, 0.15) is 52.7 Å². The number of benzene rings is 3. The molecule has 0 saturated heterocycles. The smallest absolute Gasteiger partial charge is 0.251 e. The molecule has 3 aromatic carbocycles. The molecule has 1 amide bonds. The number of carbonyl (C=O) groups excluding carboxylic acids is 1. The standard InChI is InChI=1S/C38H41ClN2O9/c39-31-11-8-23(21-48-27-5-3-4-24(17-27)37(47)41-19-32(43)35(45)36(46)33(44)20-42)16-25(31)22-49-38(13-14-38)30-18-40-15-12-28(30)29-6-1-2-7-34(29)50-26-9-10-26/h1-8,11-12,15-18,26,32-33,35-36,42-46H,9-10,13-14,19-22H2,(H,41,47)/t32-,33+,35+,36+/m0/s1. The first-order valence-electron chi connectivity index (χ1n) is 16.6. The highest BCUT2D eigenvalue weighted by molar-refractivity contribution is 6.31. The third-order valence-electron chi connectivity index (χ3n) is 8.92. The van der Waals surface area contributed by atoms with Gasteiger partial charge in [0.15, 0.2) is 0 Å². The van der Waals surface area contributed by atoms with Crippen molar-refractivity contribution < 1.29 is 44.5 Å². The molecule has 2 saturated carbocycles. The largest absolute Gasteiger partial charge is 0.490 e. The molecular formula is C38H41ClN2O9. The fraction of sp³-hybridized carbons (Fsp3) is 0.368. The highest BCUT2D eigenvalue weighted by Crippen LogP contribution is 2.53. The number of ether oxygens (including phenoxy) is 3. The zero-order chi connectivity index (χ0) is 35.3. The van der Waals surface area contributed by atoms with Crippen molar-refractivity contribution in [2.24, 2.45) is 0 Å². The lowest BCUT2D eigenvalue weighted by atomic mass is 9.96. The second kappa shape index (κ2) is 15.9. The van der Waals surface area contributed by atoms with Crippen LogP contribution in [-0.2, 0) is 23.6 Å². The van der Waals surface area contributed by atoms with E-state index in [9.17, 15) is 25.2 Å². The summed E-state index contributed by atoms with van der Waals surface area (Å²) in [5.41, 5.74) is 4.52. The number of carbonyl (C=O) groups is 1. The number of amides is 1. The van der Waals surface area contributed by atoms with Crippen molar-refractivity contribution in [3.8, 4) is 22.6 Å². The number of nitrogens with zero attached hydrogens (tertiary/aromatic N) is 1. The van der Waals surface area contributed by atoms with Crippen LogP contribution in [0.2, 0.25) is 5.02 Å². The number of aliphatic hydroxyl groups is 5. The van der Waals surface area contributed by atoms with Crippen molar-refractivity contribution in [2.75, 3.05) is 13.2 Å². The van der Waals surface area contributed by atoms with Gasteiger partial charge in [0.2, 0.25) is 0 Å². The maximum Gasteiger partial charge on any atom is 0.251 e. The SMILES string of the molecule is O=C(NC[C@H](O)[C@@H](O)[C@H](O)[C@H](O)CO)c1cccc(OCc2ccc(Cl)c(COC3(c4cnccc4-c4ccccc4OC4CC4)CC3)c2)c1. The van der Waals surface area contributed by atoms with Gasteiger partial charge in [0.05, 0.1) is 31.0 Å². The van der Waals surface area contributed by atoms with Gasteiger partial charge in [-0.2, -0.15) is 0 Å². The molecule has 264 valence electrons. The van der Waals surface area contributed by atoms with E-state index in [1.165, 1.54) is 0 Å². The number of pyridine rings is 1. The van der Waals surface area contributed by atoms with Gasteiger partial charge < -0.3 is 45.1 Å². The molecular weight excluding hydrogens is 664 g/mol. The van der Waals surface area contributed by atoms with E-state index in [0.717, 1.165) is 59.3 Å². The van der Waals surface area contributed by atoms with Crippen molar-refractivity contribution in [2.45, 2.75) is 75.0 Å². The first-order chi connectivity index (χ1) is 24.2. The number of hydrogen-bond acceptors (Lipinski definition) is 10. The van der Waals surface area contributed by atoms with E-state index in [4.69, 9.17) is 30.9 Å². The van der Waals surface area contributed by atoms with Gasteiger partial charge in [-0.05, 0) is 84.8 Å². The fourth-order valence-corrected chi connectivity index (χ4v) is 5.85. The molecule has 0 aliphatic heterocycles. The van der Waals surface area contributed by atoms with Crippen molar-refractivity contribution in [3.05, 3.63) is 112 Å². The van der Waals surface area contributed by atoms with E-state index >= 15 is 0 Å². The Balaban J connectivity index is 1.07. The van der Waals surface area contributed by atoms with Crippen LogP contribution in [0.4, 0.5) is 0 Å². The summed E-state index contributed by atoms with van der Waals surface area (Å²) in [6.45, 7) is -0.717. The maximum absolute atomic E-state index is 12.7. The number of aliphatic hydroxyl groups excluding tert-OH is 5. The molecule has 11 nitrogen and oxygen atoms in total. The highest BCUT2D eigenvalue weighted by atomic mass is 35.5. The Morgan fingerprint density at radius 1 is 0.920 bits per heavy atom. The molecule has 0 spiro atoms. The zero-order valence-electron chi connectivity index (χ0n) is 27.3. The van der Waals surface area contributed by atoms with E-state index in [-0.39, 0.29) is 24.9 Å². The number of aromatic nitrogens is 1. The molecule has 1 aromatic heterocycles. The summed E-state index contributed by atoms with van der Waals surface area (Å²) >= 11 is 6.61. The zero-order valence-corrected chi connectivity index (χ0v) is 28.1. The maximum atomic E-state index is 12.7. The van der Waals surface area contributed by atoms with Crippen LogP contribution in [0.5, 0.6) is 11.5 Å². The van der Waals surface area contributed by atoms with Crippen LogP contribution < -0.4 is 14.8 Å². The van der Waals surface area contributed by atoms with Crippen molar-refractivity contribution >= 4 is 17.5 Å². The molecule has 2 aliphatic rings. The predicted molar refractivity (Wildman–Crippen MR) is 185 cm³/mol. The van der Waals surface area contributed by atoms with Gasteiger partial charge in [-0.1, -0.05) is 41.9 Å². The second-order valence-electron chi connectivity index (χ2n) is 12.8. The minimum Gasteiger partial charge on any atom is -0.490 e. The van der Waals surface area contributed by atoms with Crippen molar-refractivity contribution in [1.29, 1.82) is 0 Å². The third kappa shape index (κ3) is 8.62. The van der Waals surface area contributed by atoms with Crippen molar-refractivity contribution in [1.82, 2.24) is 10.3 Å². The quantitative estimate of drug-likeness (QED) is 0.0948. The summed E-state index contributed by atoms with van der Waals surface area (Å²) in [6, 6.07) is 22.2. The van der Waals surface area contributed by atoms with Gasteiger partial charge in [-0.3, -0.25) is 9.78 Å². The monoisotopic (exact) mass is 704 g/mol. The molecule has 6 N–H and O–H groups in total. The van der Waals surface area contributed by atoms with Crippen LogP contribution in [0.25, 0.3) is 11.1 Å². The van der Waals surface area contributed by atoms with Gasteiger partial charge in [0.1, 0.15) is 36.4 Å². The van der Waals surface area contributed by atoms with Gasteiger partial charge in [0.25, 0.3) is 5.91 Å². The molecule has 0 bridgehead atoms. The number of para-hydroxylation sites is 1. The molecule has 0 radical (unpaired) electrons. The normalized spacial score (nSPS) is 17.3. The van der Waals surface area contributed by atoms with Gasteiger partial charge in [-0.15, -0.1) is 0 Å². The Labute approximate surface area is 295 Å². The topological polar surface area (TPSA) is 171 Å². The lowest BCUT2D eigenvalue weighted by molar-refractivity contribution is -0.113. The number of halogens is 1. The average Bonchev–Trinajstić information content (AvgIpc) is 4.10.